The van der Waals surface area contributed by atoms with Crippen LogP contribution in [0.4, 0.5) is 10.1 Å². The Morgan fingerprint density at radius 2 is 1.93 bits per heavy atom. The van der Waals surface area contributed by atoms with Crippen molar-refractivity contribution >= 4 is 5.69 Å². The Labute approximate surface area is 169 Å². The molecule has 0 heterocycles. The summed E-state index contributed by atoms with van der Waals surface area (Å²) in [5, 5.41) is 10.2. The number of benzene rings is 1. The summed E-state index contributed by atoms with van der Waals surface area (Å²) in [5.41, 5.74) is 2.35. The molecule has 2 atom stereocenters. The molecule has 2 nitrogen and oxygen atoms in total. The third-order valence-corrected chi connectivity index (χ3v) is 8.06. The van der Waals surface area contributed by atoms with E-state index in [9.17, 15) is 9.50 Å². The summed E-state index contributed by atoms with van der Waals surface area (Å²) in [7, 11) is 0. The van der Waals surface area contributed by atoms with Gasteiger partial charge in [0, 0.05) is 29.3 Å². The predicted octanol–water partition coefficient (Wildman–Crippen LogP) is 6.73. The second-order valence-corrected chi connectivity index (χ2v) is 9.65. The molecular weight excluding hydrogens is 349 g/mol. The number of alkyl halides is 1. The van der Waals surface area contributed by atoms with Gasteiger partial charge < -0.3 is 10.0 Å². The van der Waals surface area contributed by atoms with Crippen molar-refractivity contribution in [3.8, 4) is 0 Å². The molecule has 1 N–H and O–H groups in total. The Morgan fingerprint density at radius 3 is 2.46 bits per heavy atom. The molecule has 1 aromatic rings. The molecule has 4 rings (SSSR count). The van der Waals surface area contributed by atoms with Gasteiger partial charge in [0.1, 0.15) is 5.67 Å². The Bertz CT molecular complexity index is 791. The van der Waals surface area contributed by atoms with E-state index in [-0.39, 0.29) is 16.7 Å². The number of allylic oxidation sites excluding steroid dienone is 2. The van der Waals surface area contributed by atoms with Crippen LogP contribution in [0.25, 0.3) is 0 Å². The van der Waals surface area contributed by atoms with E-state index in [4.69, 9.17) is 0 Å². The largest absolute Gasteiger partial charge is 0.512 e. The van der Waals surface area contributed by atoms with E-state index in [0.29, 0.717) is 18.6 Å². The summed E-state index contributed by atoms with van der Waals surface area (Å²) in [6, 6.07) is 8.62. The van der Waals surface area contributed by atoms with Crippen LogP contribution in [0.3, 0.4) is 0 Å². The van der Waals surface area contributed by atoms with Crippen LogP contribution >= 0.6 is 0 Å². The van der Waals surface area contributed by atoms with Gasteiger partial charge in [0.2, 0.25) is 0 Å². The standard InChI is InChI=1S/C25H34FNO/c1-5-20-8-7-9-21(14-20)27(18(3)22-15-25(22,26)6-2)17-23-10-12-24(16-23,13-11-23)19(4)28/h7-9,14,22,28H,3-6,10-13,15-17H2,1-2H3. The molecule has 152 valence electrons. The van der Waals surface area contributed by atoms with Crippen molar-refractivity contribution in [1.29, 1.82) is 0 Å². The van der Waals surface area contributed by atoms with Crippen molar-refractivity contribution in [3.05, 3.63) is 54.4 Å². The molecule has 0 amide bonds. The number of halogens is 1. The Morgan fingerprint density at radius 1 is 1.21 bits per heavy atom. The summed E-state index contributed by atoms with van der Waals surface area (Å²) in [4.78, 5) is 2.31. The van der Waals surface area contributed by atoms with E-state index in [0.717, 1.165) is 56.5 Å². The summed E-state index contributed by atoms with van der Waals surface area (Å²) >= 11 is 0. The molecule has 1 aromatic carbocycles. The number of aryl methyl sites for hydroxylation is 1. The van der Waals surface area contributed by atoms with Crippen LogP contribution in [0.2, 0.25) is 0 Å². The number of anilines is 1. The Hall–Kier alpha value is -1.77. The zero-order valence-corrected chi connectivity index (χ0v) is 17.4. The van der Waals surface area contributed by atoms with Crippen LogP contribution in [0.15, 0.2) is 48.9 Å². The van der Waals surface area contributed by atoms with Gasteiger partial charge in [-0.15, -0.1) is 0 Å². The SMILES string of the molecule is C=C(C1CC1(F)CC)N(CC12CCC(C(=C)O)(CC1)C2)c1cccc(CC)c1. The van der Waals surface area contributed by atoms with Crippen molar-refractivity contribution in [2.75, 3.05) is 11.4 Å². The lowest BCUT2D eigenvalue weighted by atomic mass is 9.81. The Kier molecular flexibility index (Phi) is 4.63. The fourth-order valence-corrected chi connectivity index (χ4v) is 5.85. The van der Waals surface area contributed by atoms with Gasteiger partial charge in [-0.1, -0.05) is 39.1 Å². The molecule has 0 spiro atoms. The number of hydrogen-bond donors (Lipinski definition) is 1. The van der Waals surface area contributed by atoms with Crippen LogP contribution in [-0.4, -0.2) is 17.3 Å². The molecule has 0 radical (unpaired) electrons. The number of nitrogens with zero attached hydrogens (tertiary/aromatic N) is 1. The zero-order chi connectivity index (χ0) is 20.2. The third-order valence-electron chi connectivity index (χ3n) is 8.06. The lowest BCUT2D eigenvalue weighted by Crippen LogP contribution is -2.36. The van der Waals surface area contributed by atoms with E-state index < -0.39 is 5.67 Å². The van der Waals surface area contributed by atoms with Crippen LogP contribution in [0, 0.1) is 16.7 Å². The summed E-state index contributed by atoms with van der Waals surface area (Å²) in [5.74, 6) is 0.292. The van der Waals surface area contributed by atoms with Crippen LogP contribution in [-0.2, 0) is 6.42 Å². The normalized spacial score (nSPS) is 35.8. The van der Waals surface area contributed by atoms with Crippen molar-refractivity contribution in [3.63, 3.8) is 0 Å². The molecule has 0 saturated heterocycles. The van der Waals surface area contributed by atoms with Crippen molar-refractivity contribution in [2.45, 2.75) is 70.9 Å². The minimum absolute atomic E-state index is 0.0699. The molecule has 2 unspecified atom stereocenters. The molecule has 3 saturated carbocycles. The molecule has 3 heteroatoms. The molecule has 28 heavy (non-hydrogen) atoms. The molecule has 0 aliphatic heterocycles. The molecular formula is C25H34FNO. The fourth-order valence-electron chi connectivity index (χ4n) is 5.85. The molecule has 3 fully saturated rings. The van der Waals surface area contributed by atoms with Crippen molar-refractivity contribution < 1.29 is 9.50 Å². The van der Waals surface area contributed by atoms with E-state index in [1.807, 2.05) is 6.92 Å². The van der Waals surface area contributed by atoms with Crippen LogP contribution < -0.4 is 4.90 Å². The maximum absolute atomic E-state index is 14.9. The fraction of sp³-hybridized carbons (Fsp3) is 0.600. The summed E-state index contributed by atoms with van der Waals surface area (Å²) < 4.78 is 14.9. The first kappa shape index (κ1) is 19.5. The highest BCUT2D eigenvalue weighted by atomic mass is 19.1. The minimum atomic E-state index is -1.08. The average molecular weight is 384 g/mol. The van der Waals surface area contributed by atoms with Gasteiger partial charge in [0.05, 0.1) is 5.76 Å². The van der Waals surface area contributed by atoms with Gasteiger partial charge in [-0.25, -0.2) is 4.39 Å². The maximum Gasteiger partial charge on any atom is 0.119 e. The highest BCUT2D eigenvalue weighted by molar-refractivity contribution is 5.55. The lowest BCUT2D eigenvalue weighted by Gasteiger charge is -2.37. The maximum atomic E-state index is 14.9. The molecule has 3 aliphatic carbocycles. The van der Waals surface area contributed by atoms with Crippen LogP contribution in [0.5, 0.6) is 0 Å². The lowest BCUT2D eigenvalue weighted by molar-refractivity contribution is 0.224. The van der Waals surface area contributed by atoms with Gasteiger partial charge >= 0.3 is 0 Å². The molecule has 2 bridgehead atoms. The predicted molar refractivity (Wildman–Crippen MR) is 114 cm³/mol. The second kappa shape index (κ2) is 6.64. The monoisotopic (exact) mass is 383 g/mol. The van der Waals surface area contributed by atoms with E-state index in [1.165, 1.54) is 5.56 Å². The van der Waals surface area contributed by atoms with Crippen molar-refractivity contribution in [1.82, 2.24) is 0 Å². The highest BCUT2D eigenvalue weighted by Crippen LogP contribution is 2.64. The number of rotatable bonds is 8. The highest BCUT2D eigenvalue weighted by Gasteiger charge is 2.59. The minimum Gasteiger partial charge on any atom is -0.512 e. The van der Waals surface area contributed by atoms with E-state index >= 15 is 0 Å². The molecule has 0 aromatic heterocycles. The zero-order valence-electron chi connectivity index (χ0n) is 17.4. The van der Waals surface area contributed by atoms with Gasteiger partial charge in [-0.2, -0.15) is 0 Å². The Balaban J connectivity index is 1.63. The van der Waals surface area contributed by atoms with E-state index in [2.05, 4.69) is 49.2 Å². The second-order valence-electron chi connectivity index (χ2n) is 9.65. The van der Waals surface area contributed by atoms with Gasteiger partial charge in [0.15, 0.2) is 0 Å². The topological polar surface area (TPSA) is 23.5 Å². The van der Waals surface area contributed by atoms with Gasteiger partial charge in [0.25, 0.3) is 0 Å². The number of hydrogen-bond acceptors (Lipinski definition) is 2. The summed E-state index contributed by atoms with van der Waals surface area (Å²) in [6.45, 7) is 13.2. The third kappa shape index (κ3) is 3.07. The van der Waals surface area contributed by atoms with Gasteiger partial charge in [-0.3, -0.25) is 0 Å². The summed E-state index contributed by atoms with van der Waals surface area (Å²) in [6.07, 6.45) is 7.36. The van der Waals surface area contributed by atoms with Crippen molar-refractivity contribution in [2.24, 2.45) is 16.7 Å². The van der Waals surface area contributed by atoms with Crippen LogP contribution in [0.1, 0.15) is 64.4 Å². The van der Waals surface area contributed by atoms with Gasteiger partial charge in [-0.05, 0) is 74.5 Å². The number of aliphatic hydroxyl groups excluding tert-OH is 1. The number of fused-ring (bicyclic) bond motifs is 2. The first-order chi connectivity index (χ1) is 13.3. The first-order valence-electron chi connectivity index (χ1n) is 10.9. The quantitative estimate of drug-likeness (QED) is 0.503. The first-order valence-corrected chi connectivity index (χ1v) is 10.9. The molecule has 3 aliphatic rings. The smallest absolute Gasteiger partial charge is 0.119 e. The number of aliphatic hydroxyl groups is 1. The van der Waals surface area contributed by atoms with E-state index in [1.54, 1.807) is 0 Å². The average Bonchev–Trinajstić information content (AvgIpc) is 3.08.